The van der Waals surface area contributed by atoms with Gasteiger partial charge in [0, 0.05) is 0 Å². The number of ketones is 2. The Kier molecular flexibility index (Phi) is 17.5. The number of allylic oxidation sites excluding steroid dienone is 4. The van der Waals surface area contributed by atoms with Crippen LogP contribution in [0.4, 0.5) is 11.4 Å². The van der Waals surface area contributed by atoms with Crippen molar-refractivity contribution in [2.45, 2.75) is 69.2 Å². The fourth-order valence-corrected chi connectivity index (χ4v) is 3.03. The summed E-state index contributed by atoms with van der Waals surface area (Å²) in [5.41, 5.74) is 8.80. The number of nitrogens with zero attached hydrogens (tertiary/aromatic N) is 2. The van der Waals surface area contributed by atoms with E-state index in [1.54, 1.807) is 0 Å². The molecule has 0 bridgehead atoms. The van der Waals surface area contributed by atoms with Gasteiger partial charge in [0.1, 0.15) is 0 Å². The zero-order valence-corrected chi connectivity index (χ0v) is 24.5. The molecule has 202 valence electrons. The van der Waals surface area contributed by atoms with Gasteiger partial charge in [0.05, 0.1) is 22.8 Å². The van der Waals surface area contributed by atoms with Crippen molar-refractivity contribution in [1.82, 2.24) is 0 Å². The Morgan fingerprint density at radius 2 is 0.838 bits per heavy atom. The Morgan fingerprint density at radius 1 is 0.595 bits per heavy atom. The second-order valence-electron chi connectivity index (χ2n) is 8.61. The van der Waals surface area contributed by atoms with Crippen LogP contribution in [0.5, 0.6) is 0 Å². The molecule has 0 N–H and O–H groups in total. The summed E-state index contributed by atoms with van der Waals surface area (Å²) in [5.74, 6) is -0.750. The standard InChI is InChI=1S/C20H24N2.2C5H8O2.Ni/c1-13-9-7-10-14(2)19(13)21-17(5)18(6)22-20-15(3)11-8-12-16(20)4;2*1-4(6)3-5(2)7;/h7-12H,1-6H3;2*3,6H,1-2H3;/q;;;+2/p-2/b21-17+,22-18+;2*4-3-;. The molecule has 0 aliphatic carbocycles. The smallest absolute Gasteiger partial charge is 0.876 e. The summed E-state index contributed by atoms with van der Waals surface area (Å²) in [6.07, 6.45) is 2.11. The molecule has 0 radical (unpaired) electrons. The van der Waals surface area contributed by atoms with Crippen molar-refractivity contribution in [3.05, 3.63) is 82.3 Å². The second-order valence-corrected chi connectivity index (χ2v) is 8.61. The monoisotopic (exact) mass is 548 g/mol. The predicted octanol–water partition coefficient (Wildman–Crippen LogP) is 5.48. The molecule has 6 nitrogen and oxygen atoms in total. The summed E-state index contributed by atoms with van der Waals surface area (Å²) in [6, 6.07) is 12.5. The zero-order chi connectivity index (χ0) is 28.0. The summed E-state index contributed by atoms with van der Waals surface area (Å²) < 4.78 is 0. The zero-order valence-electron chi connectivity index (χ0n) is 23.5. The summed E-state index contributed by atoms with van der Waals surface area (Å²) in [6.45, 7) is 17.8. The Bertz CT molecular complexity index is 1050. The maximum atomic E-state index is 9.98. The van der Waals surface area contributed by atoms with E-state index < -0.39 is 0 Å². The van der Waals surface area contributed by atoms with E-state index >= 15 is 0 Å². The minimum atomic E-state index is -0.187. The van der Waals surface area contributed by atoms with Crippen molar-refractivity contribution < 1.29 is 36.3 Å². The van der Waals surface area contributed by atoms with Gasteiger partial charge in [-0.25, -0.2) is 0 Å². The van der Waals surface area contributed by atoms with Crippen LogP contribution in [0.1, 0.15) is 63.8 Å². The molecule has 0 aliphatic heterocycles. The predicted molar refractivity (Wildman–Crippen MR) is 146 cm³/mol. The Labute approximate surface area is 231 Å². The molecule has 2 rings (SSSR count). The molecular weight excluding hydrogens is 511 g/mol. The summed E-state index contributed by atoms with van der Waals surface area (Å²) >= 11 is 0. The molecule has 7 heteroatoms. The van der Waals surface area contributed by atoms with Crippen LogP contribution in [0.25, 0.3) is 0 Å². The Morgan fingerprint density at radius 3 is 1.00 bits per heavy atom. The van der Waals surface area contributed by atoms with E-state index in [1.807, 2.05) is 13.8 Å². The molecule has 0 unspecified atom stereocenters. The molecule has 0 spiro atoms. The molecule has 0 saturated carbocycles. The normalized spacial score (nSPS) is 11.8. The van der Waals surface area contributed by atoms with Crippen LogP contribution in [0.3, 0.4) is 0 Å². The molecule has 0 fully saturated rings. The van der Waals surface area contributed by atoms with Crippen LogP contribution in [-0.4, -0.2) is 23.0 Å². The van der Waals surface area contributed by atoms with Crippen LogP contribution in [0, 0.1) is 27.7 Å². The number of benzene rings is 2. The quantitative estimate of drug-likeness (QED) is 0.213. The molecule has 0 atom stereocenters. The van der Waals surface area contributed by atoms with Crippen molar-refractivity contribution in [3.63, 3.8) is 0 Å². The van der Waals surface area contributed by atoms with Crippen LogP contribution >= 0.6 is 0 Å². The molecule has 37 heavy (non-hydrogen) atoms. The molecular formula is C30H38N2NiO4. The maximum absolute atomic E-state index is 9.98. The van der Waals surface area contributed by atoms with Gasteiger partial charge in [-0.05, 0) is 89.8 Å². The van der Waals surface area contributed by atoms with Gasteiger partial charge in [-0.1, -0.05) is 50.2 Å². The van der Waals surface area contributed by atoms with E-state index in [0.717, 1.165) is 35.0 Å². The van der Waals surface area contributed by atoms with E-state index in [2.05, 4.69) is 64.1 Å². The van der Waals surface area contributed by atoms with Gasteiger partial charge < -0.3 is 10.2 Å². The van der Waals surface area contributed by atoms with Crippen molar-refractivity contribution in [3.8, 4) is 0 Å². The Balaban J connectivity index is 0. The average Bonchev–Trinajstić information content (AvgIpc) is 2.72. The summed E-state index contributed by atoms with van der Waals surface area (Å²) in [5, 5.41) is 20.0. The van der Waals surface area contributed by atoms with Gasteiger partial charge in [-0.3, -0.25) is 19.6 Å². The van der Waals surface area contributed by atoms with Crippen LogP contribution in [-0.2, 0) is 26.1 Å². The number of carbonyl (C=O) groups excluding carboxylic acids is 2. The van der Waals surface area contributed by atoms with E-state index in [4.69, 9.17) is 9.98 Å². The van der Waals surface area contributed by atoms with Crippen LogP contribution < -0.4 is 10.2 Å². The number of carbonyl (C=O) groups is 2. The minimum absolute atomic E-state index is 0. The van der Waals surface area contributed by atoms with E-state index in [1.165, 1.54) is 49.9 Å². The topological polar surface area (TPSA) is 105 Å². The van der Waals surface area contributed by atoms with Gasteiger partial charge in [0.25, 0.3) is 0 Å². The van der Waals surface area contributed by atoms with E-state index in [9.17, 15) is 19.8 Å². The molecule has 0 saturated heterocycles. The fraction of sp³-hybridized carbons (Fsp3) is 0.333. The van der Waals surface area contributed by atoms with Gasteiger partial charge in [0.15, 0.2) is 11.6 Å². The van der Waals surface area contributed by atoms with E-state index in [-0.39, 0.29) is 39.6 Å². The molecule has 2 aromatic rings. The Hall–Kier alpha value is -3.31. The van der Waals surface area contributed by atoms with Gasteiger partial charge in [-0.15, -0.1) is 11.5 Å². The first-order chi connectivity index (χ1) is 16.6. The summed E-state index contributed by atoms with van der Waals surface area (Å²) in [7, 11) is 0. The number of aryl methyl sites for hydroxylation is 4. The summed E-state index contributed by atoms with van der Waals surface area (Å²) in [4.78, 5) is 29.6. The molecule has 0 amide bonds. The minimum Gasteiger partial charge on any atom is -0.876 e. The molecule has 2 aromatic carbocycles. The maximum Gasteiger partial charge on any atom is 2.00 e. The number of hydrogen-bond acceptors (Lipinski definition) is 6. The fourth-order valence-electron chi connectivity index (χ4n) is 3.03. The molecule has 0 aliphatic rings. The van der Waals surface area contributed by atoms with Crippen molar-refractivity contribution >= 4 is 34.4 Å². The molecule has 0 heterocycles. The number of para-hydroxylation sites is 2. The van der Waals surface area contributed by atoms with Crippen molar-refractivity contribution in [2.24, 2.45) is 9.98 Å². The number of hydrogen-bond donors (Lipinski definition) is 0. The van der Waals surface area contributed by atoms with Gasteiger partial charge in [0.2, 0.25) is 0 Å². The van der Waals surface area contributed by atoms with Crippen molar-refractivity contribution in [2.75, 3.05) is 0 Å². The van der Waals surface area contributed by atoms with Gasteiger partial charge >= 0.3 is 16.5 Å². The largest absolute Gasteiger partial charge is 2.00 e. The van der Waals surface area contributed by atoms with Gasteiger partial charge in [-0.2, -0.15) is 0 Å². The average molecular weight is 549 g/mol. The first-order valence-corrected chi connectivity index (χ1v) is 11.6. The van der Waals surface area contributed by atoms with Crippen molar-refractivity contribution in [1.29, 1.82) is 0 Å². The SMILES string of the molecule is CC(=N\c1c(C)cccc1C)/C(C)=N/c1c(C)cccc1C.CC(=O)/C=C(/C)[O-].CC(=O)/C=C(/C)[O-].[Ni+2]. The molecule has 0 aromatic heterocycles. The van der Waals surface area contributed by atoms with Crippen LogP contribution in [0.2, 0.25) is 0 Å². The van der Waals surface area contributed by atoms with Crippen LogP contribution in [0.15, 0.2) is 70.1 Å². The number of aliphatic imine (C=N–C) groups is 2. The third kappa shape index (κ3) is 15.4. The number of rotatable bonds is 5. The second kappa shape index (κ2) is 18.0. The third-order valence-corrected chi connectivity index (χ3v) is 4.77. The first kappa shape index (κ1) is 35.9. The third-order valence-electron chi connectivity index (χ3n) is 4.77. The first-order valence-electron chi connectivity index (χ1n) is 11.6. The van der Waals surface area contributed by atoms with E-state index in [0.29, 0.717) is 0 Å².